The molecule has 0 aromatic heterocycles. The molecule has 4 heteroatoms. The zero-order chi connectivity index (χ0) is 15.1. The second kappa shape index (κ2) is 15.9. The van der Waals surface area contributed by atoms with Gasteiger partial charge in [-0.05, 0) is 12.8 Å². The average molecular weight is 327 g/mol. The number of unbranched alkanes of at least 4 members (excludes halogenated alkanes) is 4. The second-order valence-corrected chi connectivity index (χ2v) is 6.57. The third-order valence-electron chi connectivity index (χ3n) is 3.21. The van der Waals surface area contributed by atoms with Gasteiger partial charge in [-0.3, -0.25) is 0 Å². The van der Waals surface area contributed by atoms with Crippen LogP contribution in [0.15, 0.2) is 0 Å². The molecule has 0 spiro atoms. The van der Waals surface area contributed by atoms with Crippen molar-refractivity contribution in [1.29, 1.82) is 0 Å². The van der Waals surface area contributed by atoms with Crippen LogP contribution < -0.4 is 0 Å². The molecule has 0 aliphatic rings. The molecule has 0 rings (SSSR count). The van der Waals surface area contributed by atoms with Gasteiger partial charge in [-0.1, -0.05) is 52.4 Å². The molecular weight excluding hydrogens is 295 g/mol. The van der Waals surface area contributed by atoms with Crippen molar-refractivity contribution in [2.45, 2.75) is 76.0 Å². The van der Waals surface area contributed by atoms with Gasteiger partial charge in [-0.15, -0.1) is 23.2 Å². The van der Waals surface area contributed by atoms with Gasteiger partial charge >= 0.3 is 0 Å². The van der Waals surface area contributed by atoms with Crippen molar-refractivity contribution in [3.63, 3.8) is 0 Å². The molecule has 0 fully saturated rings. The van der Waals surface area contributed by atoms with Gasteiger partial charge in [0.05, 0.1) is 37.2 Å². The lowest BCUT2D eigenvalue weighted by Gasteiger charge is -2.12. The van der Waals surface area contributed by atoms with Crippen molar-refractivity contribution in [3.8, 4) is 0 Å². The molecule has 0 radical (unpaired) electrons. The molecule has 0 aliphatic heterocycles. The van der Waals surface area contributed by atoms with E-state index in [4.69, 9.17) is 32.7 Å². The van der Waals surface area contributed by atoms with Gasteiger partial charge in [0.15, 0.2) is 0 Å². The zero-order valence-electron chi connectivity index (χ0n) is 13.2. The second-order valence-electron chi connectivity index (χ2n) is 5.34. The van der Waals surface area contributed by atoms with E-state index in [1.54, 1.807) is 0 Å². The molecule has 0 saturated carbocycles. The highest BCUT2D eigenvalue weighted by Crippen LogP contribution is 2.10. The van der Waals surface area contributed by atoms with Crippen molar-refractivity contribution < 1.29 is 9.47 Å². The molecule has 0 aromatic carbocycles. The van der Waals surface area contributed by atoms with Crippen LogP contribution in [0.3, 0.4) is 0 Å². The van der Waals surface area contributed by atoms with Crippen LogP contribution in [-0.2, 0) is 9.47 Å². The topological polar surface area (TPSA) is 18.5 Å². The van der Waals surface area contributed by atoms with E-state index >= 15 is 0 Å². The average Bonchev–Trinajstić information content (AvgIpc) is 2.43. The Balaban J connectivity index is 3.22. The van der Waals surface area contributed by atoms with Crippen LogP contribution >= 0.6 is 23.2 Å². The van der Waals surface area contributed by atoms with Crippen molar-refractivity contribution >= 4 is 23.2 Å². The van der Waals surface area contributed by atoms with Gasteiger partial charge in [0.1, 0.15) is 0 Å². The Morgan fingerprint density at radius 1 is 0.700 bits per heavy atom. The molecule has 2 nitrogen and oxygen atoms in total. The number of halogens is 2. The van der Waals surface area contributed by atoms with Gasteiger partial charge in [0, 0.05) is 0 Å². The minimum atomic E-state index is 0.136. The van der Waals surface area contributed by atoms with Gasteiger partial charge in [0.2, 0.25) is 0 Å². The lowest BCUT2D eigenvalue weighted by atomic mass is 10.1. The number of rotatable bonds is 15. The van der Waals surface area contributed by atoms with E-state index in [-0.39, 0.29) is 10.8 Å². The normalized spacial score (nSPS) is 14.4. The highest BCUT2D eigenvalue weighted by Gasteiger charge is 2.06. The summed E-state index contributed by atoms with van der Waals surface area (Å²) in [4.78, 5) is 0. The van der Waals surface area contributed by atoms with Crippen molar-refractivity contribution in [2.24, 2.45) is 0 Å². The predicted octanol–water partition coefficient (Wildman–Crippen LogP) is 5.40. The minimum Gasteiger partial charge on any atom is -0.378 e. The van der Waals surface area contributed by atoms with Crippen LogP contribution in [0.1, 0.15) is 65.2 Å². The summed E-state index contributed by atoms with van der Waals surface area (Å²) in [6, 6.07) is 0. The Bertz CT molecular complexity index is 171. The first-order chi connectivity index (χ1) is 9.70. The third kappa shape index (κ3) is 14.9. The summed E-state index contributed by atoms with van der Waals surface area (Å²) in [5.74, 6) is 0. The third-order valence-corrected chi connectivity index (χ3v) is 3.90. The van der Waals surface area contributed by atoms with Crippen LogP contribution in [0, 0.1) is 0 Å². The van der Waals surface area contributed by atoms with Crippen molar-refractivity contribution in [2.75, 3.05) is 26.4 Å². The van der Waals surface area contributed by atoms with Crippen molar-refractivity contribution in [1.82, 2.24) is 0 Å². The fourth-order valence-electron chi connectivity index (χ4n) is 1.94. The molecule has 0 saturated heterocycles. The minimum absolute atomic E-state index is 0.136. The summed E-state index contributed by atoms with van der Waals surface area (Å²) in [6.07, 6.45) is 9.43. The molecule has 0 amide bonds. The molecule has 0 N–H and O–H groups in total. The van der Waals surface area contributed by atoms with Crippen LogP contribution in [0.25, 0.3) is 0 Å². The van der Waals surface area contributed by atoms with E-state index < -0.39 is 0 Å². The van der Waals surface area contributed by atoms with Crippen LogP contribution in [0.2, 0.25) is 0 Å². The monoisotopic (exact) mass is 326 g/mol. The van der Waals surface area contributed by atoms with Crippen molar-refractivity contribution in [3.05, 3.63) is 0 Å². The Morgan fingerprint density at radius 2 is 1.10 bits per heavy atom. The van der Waals surface area contributed by atoms with E-state index in [9.17, 15) is 0 Å². The molecule has 2 atom stereocenters. The molecule has 2 unspecified atom stereocenters. The lowest BCUT2D eigenvalue weighted by molar-refractivity contribution is 0.0467. The maximum Gasteiger partial charge on any atom is 0.0701 e. The lowest BCUT2D eigenvalue weighted by Crippen LogP contribution is -2.15. The van der Waals surface area contributed by atoms with Gasteiger partial charge < -0.3 is 9.47 Å². The van der Waals surface area contributed by atoms with E-state index in [2.05, 4.69) is 13.8 Å². The molecule has 0 heterocycles. The SMILES string of the molecule is CCCCCC(Cl)COCCOCC(Cl)CCCCC. The Labute approximate surface area is 135 Å². The maximum atomic E-state index is 6.16. The number of hydrogen-bond acceptors (Lipinski definition) is 2. The van der Waals surface area contributed by atoms with E-state index in [0.29, 0.717) is 26.4 Å². The Hall–Kier alpha value is 0.500. The molecule has 0 aliphatic carbocycles. The first kappa shape index (κ1) is 20.5. The molecule has 0 bridgehead atoms. The van der Waals surface area contributed by atoms with Crippen LogP contribution in [-0.4, -0.2) is 37.2 Å². The Morgan fingerprint density at radius 3 is 1.45 bits per heavy atom. The fraction of sp³-hybridized carbons (Fsp3) is 1.00. The van der Waals surface area contributed by atoms with Gasteiger partial charge in [-0.2, -0.15) is 0 Å². The number of ether oxygens (including phenoxy) is 2. The molecule has 20 heavy (non-hydrogen) atoms. The summed E-state index contributed by atoms with van der Waals surface area (Å²) >= 11 is 12.3. The van der Waals surface area contributed by atoms with E-state index in [0.717, 1.165) is 12.8 Å². The summed E-state index contributed by atoms with van der Waals surface area (Å²) in [6.45, 7) is 6.85. The summed E-state index contributed by atoms with van der Waals surface area (Å²) in [5.41, 5.74) is 0. The predicted molar refractivity (Wildman–Crippen MR) is 89.2 cm³/mol. The number of alkyl halides is 2. The molecule has 122 valence electrons. The summed E-state index contributed by atoms with van der Waals surface area (Å²) in [5, 5.41) is 0.271. The van der Waals surface area contributed by atoms with Gasteiger partial charge in [0.25, 0.3) is 0 Å². The highest BCUT2D eigenvalue weighted by molar-refractivity contribution is 6.20. The van der Waals surface area contributed by atoms with E-state index in [1.165, 1.54) is 38.5 Å². The quantitative estimate of drug-likeness (QED) is 0.296. The van der Waals surface area contributed by atoms with Gasteiger partial charge in [-0.25, -0.2) is 0 Å². The smallest absolute Gasteiger partial charge is 0.0701 e. The van der Waals surface area contributed by atoms with Crippen LogP contribution in [0.4, 0.5) is 0 Å². The Kier molecular flexibility index (Phi) is 16.3. The van der Waals surface area contributed by atoms with Crippen LogP contribution in [0.5, 0.6) is 0 Å². The highest BCUT2D eigenvalue weighted by atomic mass is 35.5. The summed E-state index contributed by atoms with van der Waals surface area (Å²) < 4.78 is 11.0. The molecule has 0 aromatic rings. The molecular formula is C16H32Cl2O2. The van der Waals surface area contributed by atoms with E-state index in [1.807, 2.05) is 0 Å². The fourth-order valence-corrected chi connectivity index (χ4v) is 2.43. The first-order valence-electron chi connectivity index (χ1n) is 8.14. The zero-order valence-corrected chi connectivity index (χ0v) is 14.7. The maximum absolute atomic E-state index is 6.16. The summed E-state index contributed by atoms with van der Waals surface area (Å²) in [7, 11) is 0. The first-order valence-corrected chi connectivity index (χ1v) is 9.01. The largest absolute Gasteiger partial charge is 0.378 e. The standard InChI is InChI=1S/C16H32Cl2O2/c1-3-5-7-9-15(17)13-19-11-12-20-14-16(18)10-8-6-4-2/h15-16H,3-14H2,1-2H3. The number of hydrogen-bond donors (Lipinski definition) is 0.